The van der Waals surface area contributed by atoms with Gasteiger partial charge in [-0.25, -0.2) is 9.37 Å². The van der Waals surface area contributed by atoms with Crippen molar-refractivity contribution < 1.29 is 13.9 Å². The summed E-state index contributed by atoms with van der Waals surface area (Å²) in [6.07, 6.45) is 0. The molecular formula is C22H27ClFN3O2S. The van der Waals surface area contributed by atoms with Crippen LogP contribution >= 0.6 is 23.7 Å². The van der Waals surface area contributed by atoms with E-state index in [0.29, 0.717) is 35.9 Å². The molecule has 0 saturated heterocycles. The highest BCUT2D eigenvalue weighted by Crippen LogP contribution is 2.31. The first kappa shape index (κ1) is 24.1. The maximum atomic E-state index is 14.1. The molecule has 0 spiro atoms. The van der Waals surface area contributed by atoms with Crippen LogP contribution in [0.4, 0.5) is 9.52 Å². The number of aromatic nitrogens is 1. The Balaban J connectivity index is 0.00000320. The Morgan fingerprint density at radius 1 is 1.07 bits per heavy atom. The zero-order valence-corrected chi connectivity index (χ0v) is 19.1. The maximum absolute atomic E-state index is 14.1. The molecule has 8 heteroatoms. The van der Waals surface area contributed by atoms with Gasteiger partial charge in [-0.2, -0.15) is 0 Å². The first-order chi connectivity index (χ1) is 14.1. The van der Waals surface area contributed by atoms with Crippen molar-refractivity contribution in [2.24, 2.45) is 0 Å². The molecule has 1 heterocycles. The smallest absolute Gasteiger partial charge is 0.260 e. The quantitative estimate of drug-likeness (QED) is 0.446. The zero-order chi connectivity index (χ0) is 20.8. The van der Waals surface area contributed by atoms with E-state index in [-0.39, 0.29) is 24.1 Å². The van der Waals surface area contributed by atoms with Gasteiger partial charge in [-0.15, -0.1) is 12.4 Å². The third-order valence-electron chi connectivity index (χ3n) is 4.78. The Morgan fingerprint density at radius 3 is 2.37 bits per heavy atom. The molecule has 5 nitrogen and oxygen atoms in total. The summed E-state index contributed by atoms with van der Waals surface area (Å²) < 4.78 is 20.3. The van der Waals surface area contributed by atoms with Gasteiger partial charge in [0.15, 0.2) is 5.13 Å². The van der Waals surface area contributed by atoms with Gasteiger partial charge in [0.2, 0.25) is 0 Å². The maximum Gasteiger partial charge on any atom is 0.260 e. The number of hydrogen-bond donors (Lipinski definition) is 0. The highest BCUT2D eigenvalue weighted by molar-refractivity contribution is 7.22. The van der Waals surface area contributed by atoms with Crippen LogP contribution in [0.1, 0.15) is 31.1 Å². The topological polar surface area (TPSA) is 45.7 Å². The van der Waals surface area contributed by atoms with Gasteiger partial charge >= 0.3 is 0 Å². The number of benzene rings is 2. The van der Waals surface area contributed by atoms with E-state index in [2.05, 4.69) is 23.7 Å². The number of anilines is 1. The molecule has 0 fully saturated rings. The summed E-state index contributed by atoms with van der Waals surface area (Å²) >= 11 is 1.33. The molecular weight excluding hydrogens is 425 g/mol. The predicted molar refractivity (Wildman–Crippen MR) is 124 cm³/mol. The van der Waals surface area contributed by atoms with E-state index in [0.717, 1.165) is 23.5 Å². The lowest BCUT2D eigenvalue weighted by Crippen LogP contribution is -2.38. The van der Waals surface area contributed by atoms with E-state index in [9.17, 15) is 9.18 Å². The van der Waals surface area contributed by atoms with E-state index in [1.807, 2.05) is 13.0 Å². The average molecular weight is 452 g/mol. The lowest BCUT2D eigenvalue weighted by molar-refractivity contribution is 0.0983. The Labute approximate surface area is 186 Å². The minimum Gasteiger partial charge on any atom is -0.494 e. The molecule has 2 aromatic carbocycles. The minimum absolute atomic E-state index is 0. The number of ether oxygens (including phenoxy) is 1. The summed E-state index contributed by atoms with van der Waals surface area (Å²) in [6.45, 7) is 9.67. The molecule has 1 aromatic heterocycles. The number of amides is 1. The number of fused-ring (bicyclic) bond motifs is 1. The third-order valence-corrected chi connectivity index (χ3v) is 5.82. The molecule has 3 aromatic rings. The second-order valence-corrected chi connectivity index (χ2v) is 7.53. The first-order valence-electron chi connectivity index (χ1n) is 9.89. The summed E-state index contributed by atoms with van der Waals surface area (Å²) in [4.78, 5) is 21.6. The summed E-state index contributed by atoms with van der Waals surface area (Å²) in [5.41, 5.74) is 0.854. The minimum atomic E-state index is -0.373. The fourth-order valence-corrected chi connectivity index (χ4v) is 4.10. The molecule has 1 amide bonds. The predicted octanol–water partition coefficient (Wildman–Crippen LogP) is 5.24. The zero-order valence-electron chi connectivity index (χ0n) is 17.4. The normalized spacial score (nSPS) is 10.8. The van der Waals surface area contributed by atoms with Crippen molar-refractivity contribution in [2.45, 2.75) is 20.8 Å². The van der Waals surface area contributed by atoms with Crippen molar-refractivity contribution in [3.05, 3.63) is 53.8 Å². The van der Waals surface area contributed by atoms with E-state index in [1.165, 1.54) is 17.4 Å². The van der Waals surface area contributed by atoms with Gasteiger partial charge in [0, 0.05) is 18.7 Å². The largest absolute Gasteiger partial charge is 0.494 e. The number of hydrogen-bond acceptors (Lipinski definition) is 5. The highest BCUT2D eigenvalue weighted by atomic mass is 35.5. The number of likely N-dealkylation sites (N-methyl/N-ethyl adjacent to an activating group) is 1. The monoisotopic (exact) mass is 451 g/mol. The molecule has 0 aliphatic heterocycles. The van der Waals surface area contributed by atoms with Gasteiger partial charge in [-0.1, -0.05) is 31.3 Å². The summed E-state index contributed by atoms with van der Waals surface area (Å²) in [6, 6.07) is 12.0. The third kappa shape index (κ3) is 5.47. The first-order valence-corrected chi connectivity index (χ1v) is 10.7. The molecule has 0 bridgehead atoms. The second kappa shape index (κ2) is 11.2. The summed E-state index contributed by atoms with van der Waals surface area (Å²) in [7, 11) is 0. The van der Waals surface area contributed by atoms with Gasteiger partial charge in [-0.05, 0) is 56.4 Å². The Bertz CT molecular complexity index is 961. The van der Waals surface area contributed by atoms with E-state index in [4.69, 9.17) is 4.74 Å². The van der Waals surface area contributed by atoms with Crippen molar-refractivity contribution in [1.82, 2.24) is 9.88 Å². The van der Waals surface area contributed by atoms with Crippen molar-refractivity contribution in [3.8, 4) is 5.75 Å². The number of thiazole rings is 1. The highest BCUT2D eigenvalue weighted by Gasteiger charge is 2.22. The molecule has 0 radical (unpaired) electrons. The number of carbonyl (C=O) groups excluding carboxylic acids is 1. The number of carbonyl (C=O) groups is 1. The van der Waals surface area contributed by atoms with Gasteiger partial charge in [-0.3, -0.25) is 9.69 Å². The Hall–Kier alpha value is -2.22. The lowest BCUT2D eigenvalue weighted by Gasteiger charge is -2.24. The number of rotatable bonds is 9. The Kier molecular flexibility index (Phi) is 9.02. The number of halogens is 2. The van der Waals surface area contributed by atoms with Crippen LogP contribution in [-0.2, 0) is 0 Å². The molecule has 162 valence electrons. The molecule has 0 aliphatic rings. The van der Waals surface area contributed by atoms with Gasteiger partial charge in [0.05, 0.1) is 11.3 Å². The van der Waals surface area contributed by atoms with Crippen molar-refractivity contribution in [1.29, 1.82) is 0 Å². The van der Waals surface area contributed by atoms with Crippen LogP contribution in [0.3, 0.4) is 0 Å². The van der Waals surface area contributed by atoms with Crippen molar-refractivity contribution in [3.63, 3.8) is 0 Å². The molecule has 30 heavy (non-hydrogen) atoms. The van der Waals surface area contributed by atoms with E-state index in [1.54, 1.807) is 35.2 Å². The number of nitrogens with zero attached hydrogens (tertiary/aromatic N) is 3. The van der Waals surface area contributed by atoms with Gasteiger partial charge < -0.3 is 9.64 Å². The van der Waals surface area contributed by atoms with Gasteiger partial charge in [0.1, 0.15) is 17.1 Å². The fourth-order valence-electron chi connectivity index (χ4n) is 3.10. The van der Waals surface area contributed by atoms with E-state index >= 15 is 0 Å². The van der Waals surface area contributed by atoms with Gasteiger partial charge in [0.25, 0.3) is 5.91 Å². The SMILES string of the molecule is CCOc1ccc(C(=O)N(CCN(CC)CC)c2nc3c(F)cccc3s2)cc1.Cl. The Morgan fingerprint density at radius 2 is 1.77 bits per heavy atom. The van der Waals surface area contributed by atoms with Crippen LogP contribution < -0.4 is 9.64 Å². The van der Waals surface area contributed by atoms with Crippen LogP contribution in [0.5, 0.6) is 5.75 Å². The fraction of sp³-hybridized carbons (Fsp3) is 0.364. The van der Waals surface area contributed by atoms with Crippen molar-refractivity contribution >= 4 is 45.0 Å². The van der Waals surface area contributed by atoms with E-state index < -0.39 is 0 Å². The summed E-state index contributed by atoms with van der Waals surface area (Å²) in [5, 5.41) is 0.510. The molecule has 0 unspecified atom stereocenters. The molecule has 3 rings (SSSR count). The standard InChI is InChI=1S/C22H26FN3O2S.ClH/c1-4-25(5-2)14-15-26(21(27)16-10-12-17(13-11-16)28-6-3)22-24-20-18(23)8-7-9-19(20)29-22;/h7-13H,4-6,14-15H2,1-3H3;1H. The summed E-state index contributed by atoms with van der Waals surface area (Å²) in [5.74, 6) is 0.197. The van der Waals surface area contributed by atoms with Crippen LogP contribution in [0.15, 0.2) is 42.5 Å². The van der Waals surface area contributed by atoms with Crippen molar-refractivity contribution in [2.75, 3.05) is 37.7 Å². The molecule has 0 atom stereocenters. The number of para-hydroxylation sites is 1. The van der Waals surface area contributed by atoms with Crippen LogP contribution in [0, 0.1) is 5.82 Å². The van der Waals surface area contributed by atoms with Crippen LogP contribution in [-0.4, -0.2) is 48.6 Å². The second-order valence-electron chi connectivity index (χ2n) is 6.52. The lowest BCUT2D eigenvalue weighted by atomic mass is 10.2. The average Bonchev–Trinajstić information content (AvgIpc) is 3.17. The molecule has 0 N–H and O–H groups in total. The van der Waals surface area contributed by atoms with Crippen LogP contribution in [0.25, 0.3) is 10.2 Å². The molecule has 0 aliphatic carbocycles. The van der Waals surface area contributed by atoms with Crippen LogP contribution in [0.2, 0.25) is 0 Å². The molecule has 0 saturated carbocycles.